The number of hydrogen-bond acceptors (Lipinski definition) is 5. The molecule has 0 atom stereocenters. The topological polar surface area (TPSA) is 82.5 Å². The Kier molecular flexibility index (Phi) is 5.26. The Bertz CT molecular complexity index is 652. The predicted octanol–water partition coefficient (Wildman–Crippen LogP) is 1.46. The van der Waals surface area contributed by atoms with E-state index in [0.717, 1.165) is 5.56 Å². The quantitative estimate of drug-likeness (QED) is 0.645. The maximum absolute atomic E-state index is 11.9. The summed E-state index contributed by atoms with van der Waals surface area (Å²) in [4.78, 5) is 28.7. The lowest BCUT2D eigenvalue weighted by atomic mass is 10.2. The molecule has 0 fully saturated rings. The number of hydrogen-bond donors (Lipinski definition) is 1. The van der Waals surface area contributed by atoms with E-state index in [4.69, 9.17) is 9.57 Å². The fourth-order valence-corrected chi connectivity index (χ4v) is 1.79. The minimum Gasteiger partial charge on any atom is -0.461 e. The summed E-state index contributed by atoms with van der Waals surface area (Å²) in [6.45, 7) is 2.20. The van der Waals surface area contributed by atoms with Gasteiger partial charge in [0.1, 0.15) is 5.69 Å². The highest BCUT2D eigenvalue weighted by Gasteiger charge is 2.18. The summed E-state index contributed by atoms with van der Waals surface area (Å²) in [5.74, 6) is -1.05. The molecule has 1 heterocycles. The Morgan fingerprint density at radius 2 is 2.00 bits per heavy atom. The molecule has 7 heteroatoms. The van der Waals surface area contributed by atoms with Gasteiger partial charge in [-0.3, -0.25) is 14.3 Å². The van der Waals surface area contributed by atoms with Crippen LogP contribution >= 0.6 is 0 Å². The van der Waals surface area contributed by atoms with Crippen LogP contribution in [0.15, 0.2) is 36.4 Å². The molecule has 1 aromatic carbocycles. The number of amides is 1. The van der Waals surface area contributed by atoms with Gasteiger partial charge in [-0.2, -0.15) is 5.10 Å². The van der Waals surface area contributed by atoms with Crippen LogP contribution in [0.25, 0.3) is 0 Å². The van der Waals surface area contributed by atoms with Gasteiger partial charge < -0.3 is 4.74 Å². The van der Waals surface area contributed by atoms with Gasteiger partial charge >= 0.3 is 5.97 Å². The zero-order chi connectivity index (χ0) is 15.9. The molecule has 0 aliphatic carbocycles. The van der Waals surface area contributed by atoms with Gasteiger partial charge in [0.2, 0.25) is 0 Å². The van der Waals surface area contributed by atoms with Crippen LogP contribution < -0.4 is 5.48 Å². The summed E-state index contributed by atoms with van der Waals surface area (Å²) in [5, 5.41) is 3.96. The van der Waals surface area contributed by atoms with Crippen LogP contribution in [-0.4, -0.2) is 28.3 Å². The molecule has 22 heavy (non-hydrogen) atoms. The van der Waals surface area contributed by atoms with E-state index in [9.17, 15) is 9.59 Å². The first-order chi connectivity index (χ1) is 10.6. The van der Waals surface area contributed by atoms with Crippen LogP contribution in [0.2, 0.25) is 0 Å². The zero-order valence-electron chi connectivity index (χ0n) is 12.4. The number of carbonyl (C=O) groups is 2. The SMILES string of the molecule is CCOC(=O)c1cc(C(=O)NOCc2ccccc2)nn1C. The Morgan fingerprint density at radius 3 is 2.68 bits per heavy atom. The maximum atomic E-state index is 11.9. The summed E-state index contributed by atoms with van der Waals surface area (Å²) in [6, 6.07) is 10.8. The molecule has 1 N–H and O–H groups in total. The normalized spacial score (nSPS) is 10.3. The monoisotopic (exact) mass is 303 g/mol. The summed E-state index contributed by atoms with van der Waals surface area (Å²) in [7, 11) is 1.56. The lowest BCUT2D eigenvalue weighted by Gasteiger charge is -2.03. The fourth-order valence-electron chi connectivity index (χ4n) is 1.79. The molecule has 0 aliphatic rings. The molecule has 0 aliphatic heterocycles. The van der Waals surface area contributed by atoms with Gasteiger partial charge in [0.25, 0.3) is 5.91 Å². The molecular weight excluding hydrogens is 286 g/mol. The largest absolute Gasteiger partial charge is 0.461 e. The van der Waals surface area contributed by atoms with E-state index in [-0.39, 0.29) is 24.6 Å². The number of rotatable bonds is 6. The van der Waals surface area contributed by atoms with Crippen LogP contribution in [0.3, 0.4) is 0 Å². The number of hydroxylamine groups is 1. The highest BCUT2D eigenvalue weighted by atomic mass is 16.6. The predicted molar refractivity (Wildman–Crippen MR) is 77.9 cm³/mol. The van der Waals surface area contributed by atoms with Crippen LogP contribution in [-0.2, 0) is 23.2 Å². The molecule has 2 rings (SSSR count). The minimum absolute atomic E-state index is 0.0821. The van der Waals surface area contributed by atoms with Gasteiger partial charge in [0.15, 0.2) is 5.69 Å². The average molecular weight is 303 g/mol. The first-order valence-corrected chi connectivity index (χ1v) is 6.79. The molecule has 0 spiro atoms. The van der Waals surface area contributed by atoms with Crippen LogP contribution in [0.4, 0.5) is 0 Å². The first-order valence-electron chi connectivity index (χ1n) is 6.79. The highest BCUT2D eigenvalue weighted by Crippen LogP contribution is 2.06. The highest BCUT2D eigenvalue weighted by molar-refractivity contribution is 5.95. The average Bonchev–Trinajstić information content (AvgIpc) is 2.91. The fraction of sp³-hybridized carbons (Fsp3) is 0.267. The van der Waals surface area contributed by atoms with E-state index in [1.165, 1.54) is 10.7 Å². The number of nitrogens with zero attached hydrogens (tertiary/aromatic N) is 2. The van der Waals surface area contributed by atoms with E-state index >= 15 is 0 Å². The molecule has 0 saturated heterocycles. The van der Waals surface area contributed by atoms with Gasteiger partial charge in [0.05, 0.1) is 13.2 Å². The van der Waals surface area contributed by atoms with Gasteiger partial charge in [-0.25, -0.2) is 10.3 Å². The van der Waals surface area contributed by atoms with Crippen molar-refractivity contribution in [2.75, 3.05) is 6.61 Å². The van der Waals surface area contributed by atoms with Crippen molar-refractivity contribution >= 4 is 11.9 Å². The summed E-state index contributed by atoms with van der Waals surface area (Å²) >= 11 is 0. The molecule has 1 aromatic heterocycles. The standard InChI is InChI=1S/C15H17N3O4/c1-3-21-15(20)13-9-12(16-18(13)2)14(19)17-22-10-11-7-5-4-6-8-11/h4-9H,3,10H2,1-2H3,(H,17,19). The molecule has 116 valence electrons. The number of aryl methyl sites for hydroxylation is 1. The van der Waals surface area contributed by atoms with Gasteiger partial charge in [0, 0.05) is 13.1 Å². The van der Waals surface area contributed by atoms with E-state index in [1.807, 2.05) is 30.3 Å². The molecule has 0 radical (unpaired) electrons. The van der Waals surface area contributed by atoms with E-state index in [1.54, 1.807) is 14.0 Å². The van der Waals surface area contributed by atoms with Crippen molar-refractivity contribution in [3.8, 4) is 0 Å². The second kappa shape index (κ2) is 7.37. The number of ether oxygens (including phenoxy) is 1. The first kappa shape index (κ1) is 15.7. The number of aromatic nitrogens is 2. The lowest BCUT2D eigenvalue weighted by molar-refractivity contribution is 0.0229. The van der Waals surface area contributed by atoms with E-state index in [0.29, 0.717) is 0 Å². The lowest BCUT2D eigenvalue weighted by Crippen LogP contribution is -2.24. The van der Waals surface area contributed by atoms with Crippen molar-refractivity contribution in [1.82, 2.24) is 15.3 Å². The van der Waals surface area contributed by atoms with Crippen molar-refractivity contribution in [2.45, 2.75) is 13.5 Å². The van der Waals surface area contributed by atoms with Crippen LogP contribution in [0.1, 0.15) is 33.5 Å². The minimum atomic E-state index is -0.526. The van der Waals surface area contributed by atoms with Crippen LogP contribution in [0.5, 0.6) is 0 Å². The Balaban J connectivity index is 1.92. The summed E-state index contributed by atoms with van der Waals surface area (Å²) < 4.78 is 6.17. The third-order valence-corrected chi connectivity index (χ3v) is 2.84. The molecule has 7 nitrogen and oxygen atoms in total. The zero-order valence-corrected chi connectivity index (χ0v) is 12.4. The van der Waals surface area contributed by atoms with Crippen molar-refractivity contribution in [3.05, 3.63) is 53.3 Å². The van der Waals surface area contributed by atoms with E-state index < -0.39 is 11.9 Å². The van der Waals surface area contributed by atoms with Crippen LogP contribution in [0, 0.1) is 0 Å². The number of nitrogens with one attached hydrogen (secondary N) is 1. The van der Waals surface area contributed by atoms with Crippen molar-refractivity contribution in [1.29, 1.82) is 0 Å². The second-order valence-electron chi connectivity index (χ2n) is 4.46. The van der Waals surface area contributed by atoms with Crippen molar-refractivity contribution in [2.24, 2.45) is 7.05 Å². The number of benzene rings is 1. The Hall–Kier alpha value is -2.67. The summed E-state index contributed by atoms with van der Waals surface area (Å²) in [5.41, 5.74) is 3.50. The Morgan fingerprint density at radius 1 is 1.27 bits per heavy atom. The maximum Gasteiger partial charge on any atom is 0.356 e. The Labute approximate surface area is 127 Å². The molecule has 0 bridgehead atoms. The van der Waals surface area contributed by atoms with Gasteiger partial charge in [-0.05, 0) is 12.5 Å². The van der Waals surface area contributed by atoms with E-state index in [2.05, 4.69) is 10.6 Å². The number of esters is 1. The molecular formula is C15H17N3O4. The summed E-state index contributed by atoms with van der Waals surface area (Å²) in [6.07, 6.45) is 0. The molecule has 1 amide bonds. The third-order valence-electron chi connectivity index (χ3n) is 2.84. The third kappa shape index (κ3) is 3.92. The molecule has 0 unspecified atom stereocenters. The molecule has 0 saturated carbocycles. The van der Waals surface area contributed by atoms with Gasteiger partial charge in [-0.1, -0.05) is 30.3 Å². The van der Waals surface area contributed by atoms with Crippen molar-refractivity contribution in [3.63, 3.8) is 0 Å². The molecule has 2 aromatic rings. The van der Waals surface area contributed by atoms with Gasteiger partial charge in [-0.15, -0.1) is 0 Å². The number of carbonyl (C=O) groups excluding carboxylic acids is 2. The smallest absolute Gasteiger partial charge is 0.356 e. The van der Waals surface area contributed by atoms with Crippen molar-refractivity contribution < 1.29 is 19.2 Å². The second-order valence-corrected chi connectivity index (χ2v) is 4.46.